The molecule has 0 saturated carbocycles. The Morgan fingerprint density at radius 2 is 1.83 bits per heavy atom. The summed E-state index contributed by atoms with van der Waals surface area (Å²) >= 11 is 11.8. The normalized spacial score (nSPS) is 18.1. The van der Waals surface area contributed by atoms with Gasteiger partial charge >= 0.3 is 6.03 Å². The topological polar surface area (TPSA) is 73.9 Å². The molecule has 1 aliphatic rings. The average Bonchev–Trinajstić information content (AvgIpc) is 2.85. The molecule has 2 N–H and O–H groups in total. The maximum absolute atomic E-state index is 13.2. The number of piperazine rings is 1. The second-order valence-corrected chi connectivity index (χ2v) is 9.81. The van der Waals surface area contributed by atoms with Crippen molar-refractivity contribution in [3.05, 3.63) is 64.4 Å². The number of halogens is 3. The van der Waals surface area contributed by atoms with E-state index in [1.165, 1.54) is 12.1 Å². The minimum absolute atomic E-state index is 0.000728. The van der Waals surface area contributed by atoms with Crippen LogP contribution in [0, 0.1) is 5.82 Å². The molecule has 1 saturated heterocycles. The van der Waals surface area contributed by atoms with E-state index in [-0.39, 0.29) is 43.0 Å². The predicted octanol–water partition coefficient (Wildman–Crippen LogP) is 4.41. The number of hydrogen-bond donors (Lipinski definition) is 2. The van der Waals surface area contributed by atoms with Crippen molar-refractivity contribution < 1.29 is 18.7 Å². The van der Waals surface area contributed by atoms with E-state index in [1.807, 2.05) is 11.8 Å². The van der Waals surface area contributed by atoms with Crippen molar-refractivity contribution in [1.29, 1.82) is 0 Å². The highest BCUT2D eigenvalue weighted by Gasteiger charge is 2.32. The number of amides is 3. The lowest BCUT2D eigenvalue weighted by Crippen LogP contribution is -2.58. The lowest BCUT2D eigenvalue weighted by molar-refractivity contribution is -0.139. The minimum atomic E-state index is -0.316. The van der Waals surface area contributed by atoms with E-state index >= 15 is 0 Å². The fourth-order valence-electron chi connectivity index (χ4n) is 4.15. The number of rotatable bonds is 10. The first-order valence-corrected chi connectivity index (χ1v) is 12.9. The van der Waals surface area contributed by atoms with Gasteiger partial charge in [-0.3, -0.25) is 9.69 Å². The molecule has 0 bridgehead atoms. The number of carbonyl (C=O) groups is 2. The number of urea groups is 1. The zero-order chi connectivity index (χ0) is 26.1. The van der Waals surface area contributed by atoms with E-state index in [0.29, 0.717) is 54.8 Å². The Balaban J connectivity index is 1.54. The Kier molecular flexibility index (Phi) is 10.6. The Morgan fingerprint density at radius 3 is 2.56 bits per heavy atom. The number of alkyl halides is 1. The van der Waals surface area contributed by atoms with Crippen LogP contribution in [0.4, 0.5) is 9.18 Å². The largest absolute Gasteiger partial charge is 0.483 e. The van der Waals surface area contributed by atoms with Crippen molar-refractivity contribution in [2.45, 2.75) is 45.4 Å². The molecular weight excluding hydrogens is 506 g/mol. The highest BCUT2D eigenvalue weighted by molar-refractivity contribution is 6.30. The quantitative estimate of drug-likeness (QED) is 0.347. The molecule has 1 fully saturated rings. The maximum atomic E-state index is 13.2. The first-order valence-electron chi connectivity index (χ1n) is 12.0. The van der Waals surface area contributed by atoms with Gasteiger partial charge in [0.25, 0.3) is 5.91 Å². The van der Waals surface area contributed by atoms with Crippen LogP contribution in [0.5, 0.6) is 5.75 Å². The van der Waals surface area contributed by atoms with Crippen LogP contribution in [0.2, 0.25) is 5.02 Å². The molecule has 3 amide bonds. The maximum Gasteiger partial charge on any atom is 0.315 e. The second kappa shape index (κ2) is 13.7. The van der Waals surface area contributed by atoms with Gasteiger partial charge in [0.05, 0.1) is 0 Å². The van der Waals surface area contributed by atoms with Gasteiger partial charge in [-0.05, 0) is 56.2 Å². The summed E-state index contributed by atoms with van der Waals surface area (Å²) < 4.78 is 19.1. The third-order valence-electron chi connectivity index (χ3n) is 6.14. The highest BCUT2D eigenvalue weighted by Crippen LogP contribution is 2.24. The van der Waals surface area contributed by atoms with E-state index in [2.05, 4.69) is 22.5 Å². The van der Waals surface area contributed by atoms with Crippen molar-refractivity contribution >= 4 is 35.1 Å². The zero-order valence-corrected chi connectivity index (χ0v) is 22.1. The molecule has 7 nitrogen and oxygen atoms in total. The number of ether oxygens (including phenoxy) is 1. The summed E-state index contributed by atoms with van der Waals surface area (Å²) in [5, 5.41) is 5.99. The van der Waals surface area contributed by atoms with Crippen molar-refractivity contribution in [3.63, 3.8) is 0 Å². The summed E-state index contributed by atoms with van der Waals surface area (Å²) in [5.41, 5.74) is 1.71. The Labute approximate surface area is 221 Å². The summed E-state index contributed by atoms with van der Waals surface area (Å²) in [6.45, 7) is 6.64. The van der Waals surface area contributed by atoms with Gasteiger partial charge in [-0.2, -0.15) is 0 Å². The SMILES string of the molecule is C[C@@H]1CN(Cc2ccc(F)cc2)[C@@H](C)CN1C(=O)COc1ccc(Cl)cc1CNC(=O)NCCCCl. The molecule has 0 spiro atoms. The number of hydrogen-bond acceptors (Lipinski definition) is 4. The lowest BCUT2D eigenvalue weighted by Gasteiger charge is -2.44. The van der Waals surface area contributed by atoms with E-state index < -0.39 is 0 Å². The van der Waals surface area contributed by atoms with Crippen LogP contribution in [-0.2, 0) is 17.9 Å². The van der Waals surface area contributed by atoms with Gasteiger partial charge in [0, 0.05) is 61.3 Å². The van der Waals surface area contributed by atoms with Gasteiger partial charge in [-0.1, -0.05) is 23.7 Å². The van der Waals surface area contributed by atoms with Crippen LogP contribution >= 0.6 is 23.2 Å². The van der Waals surface area contributed by atoms with Crippen molar-refractivity contribution in [1.82, 2.24) is 20.4 Å². The van der Waals surface area contributed by atoms with Crippen LogP contribution in [0.25, 0.3) is 0 Å². The van der Waals surface area contributed by atoms with Crippen LogP contribution in [-0.4, -0.2) is 65.9 Å². The van der Waals surface area contributed by atoms with Gasteiger partial charge in [0.1, 0.15) is 11.6 Å². The number of nitrogens with one attached hydrogen (secondary N) is 2. The standard InChI is InChI=1S/C26H33Cl2FN4O3/c1-18-15-33(19(2)14-32(18)16-20-4-7-23(29)8-5-20)25(34)17-36-24-9-6-22(28)12-21(24)13-31-26(35)30-11-3-10-27/h4-9,12,18-19H,3,10-11,13-17H2,1-2H3,(H2,30,31,35)/t18-,19+/m0/s1. The summed E-state index contributed by atoms with van der Waals surface area (Å²) in [5.74, 6) is 0.607. The molecule has 2 atom stereocenters. The number of carbonyl (C=O) groups excluding carboxylic acids is 2. The van der Waals surface area contributed by atoms with Gasteiger partial charge in [0.2, 0.25) is 0 Å². The monoisotopic (exact) mass is 538 g/mol. The number of benzene rings is 2. The summed E-state index contributed by atoms with van der Waals surface area (Å²) in [4.78, 5) is 29.1. The first kappa shape index (κ1) is 28.0. The Morgan fingerprint density at radius 1 is 1.08 bits per heavy atom. The molecule has 10 heteroatoms. The average molecular weight is 539 g/mol. The first-order chi connectivity index (χ1) is 17.3. The summed E-state index contributed by atoms with van der Waals surface area (Å²) in [6.07, 6.45) is 0.681. The Bertz CT molecular complexity index is 1020. The van der Waals surface area contributed by atoms with Crippen LogP contribution in [0.15, 0.2) is 42.5 Å². The molecule has 1 heterocycles. The molecule has 1 aliphatic heterocycles. The molecule has 0 aromatic heterocycles. The van der Waals surface area contributed by atoms with Gasteiger partial charge in [0.15, 0.2) is 6.61 Å². The van der Waals surface area contributed by atoms with Crippen molar-refractivity contribution in [2.24, 2.45) is 0 Å². The van der Waals surface area contributed by atoms with E-state index in [1.54, 1.807) is 30.3 Å². The molecule has 36 heavy (non-hydrogen) atoms. The van der Waals surface area contributed by atoms with Crippen molar-refractivity contribution in [2.75, 3.05) is 32.1 Å². The number of nitrogens with zero attached hydrogens (tertiary/aromatic N) is 2. The third kappa shape index (κ3) is 8.25. The minimum Gasteiger partial charge on any atom is -0.483 e. The zero-order valence-electron chi connectivity index (χ0n) is 20.6. The molecule has 3 rings (SSSR count). The molecule has 2 aromatic carbocycles. The smallest absolute Gasteiger partial charge is 0.315 e. The molecule has 196 valence electrons. The van der Waals surface area contributed by atoms with Crippen LogP contribution < -0.4 is 15.4 Å². The molecule has 0 unspecified atom stereocenters. The fourth-order valence-corrected chi connectivity index (χ4v) is 4.47. The van der Waals surface area contributed by atoms with Gasteiger partial charge < -0.3 is 20.3 Å². The summed E-state index contributed by atoms with van der Waals surface area (Å²) in [7, 11) is 0. The van der Waals surface area contributed by atoms with Crippen molar-refractivity contribution in [3.8, 4) is 5.75 Å². The predicted molar refractivity (Wildman–Crippen MR) is 140 cm³/mol. The third-order valence-corrected chi connectivity index (χ3v) is 6.65. The van der Waals surface area contributed by atoms with E-state index in [9.17, 15) is 14.0 Å². The highest BCUT2D eigenvalue weighted by atomic mass is 35.5. The molecule has 2 aromatic rings. The second-order valence-electron chi connectivity index (χ2n) is 8.99. The summed E-state index contributed by atoms with van der Waals surface area (Å²) in [6, 6.07) is 11.4. The van der Waals surface area contributed by atoms with Crippen LogP contribution in [0.3, 0.4) is 0 Å². The molecular formula is C26H33Cl2FN4O3. The van der Waals surface area contributed by atoms with Gasteiger partial charge in [-0.15, -0.1) is 11.6 Å². The lowest BCUT2D eigenvalue weighted by atomic mass is 10.1. The fraction of sp³-hybridized carbons (Fsp3) is 0.462. The van der Waals surface area contributed by atoms with E-state index in [4.69, 9.17) is 27.9 Å². The molecule has 0 radical (unpaired) electrons. The Hall–Kier alpha value is -2.55. The molecule has 0 aliphatic carbocycles. The van der Waals surface area contributed by atoms with Gasteiger partial charge in [-0.25, -0.2) is 9.18 Å². The van der Waals surface area contributed by atoms with Crippen LogP contribution in [0.1, 0.15) is 31.4 Å². The van der Waals surface area contributed by atoms with E-state index in [0.717, 1.165) is 5.56 Å².